The normalized spacial score (nSPS) is 16.0. The van der Waals surface area contributed by atoms with Crippen LogP contribution in [0, 0.1) is 38.4 Å². The Hall–Kier alpha value is -3.61. The van der Waals surface area contributed by atoms with Crippen LogP contribution in [-0.4, -0.2) is 25.7 Å². The maximum absolute atomic E-state index is 13.9. The molecule has 0 bridgehead atoms. The molecule has 0 aliphatic heterocycles. The van der Waals surface area contributed by atoms with Crippen molar-refractivity contribution in [3.63, 3.8) is 0 Å². The zero-order valence-corrected chi connectivity index (χ0v) is 33.3. The van der Waals surface area contributed by atoms with Crippen molar-refractivity contribution in [3.05, 3.63) is 70.6 Å². The van der Waals surface area contributed by atoms with Crippen LogP contribution < -0.4 is 15.1 Å². The van der Waals surface area contributed by atoms with Crippen molar-refractivity contribution < 1.29 is 28.2 Å². The zero-order valence-electron chi connectivity index (χ0n) is 33.3. The fraction of sp³-hybridized carbons (Fsp3) is 0.605. The average molecular weight is 691 g/mol. The van der Waals surface area contributed by atoms with Crippen molar-refractivity contribution in [1.29, 1.82) is 0 Å². The number of methoxy groups -OCH3 is 1. The Morgan fingerprint density at radius 1 is 0.800 bits per heavy atom. The van der Waals surface area contributed by atoms with E-state index in [4.69, 9.17) is 18.6 Å². The molecule has 0 fully saturated rings. The van der Waals surface area contributed by atoms with Gasteiger partial charge in [-0.25, -0.2) is 9.59 Å². The molecule has 50 heavy (non-hydrogen) atoms. The van der Waals surface area contributed by atoms with Gasteiger partial charge < -0.3 is 18.6 Å². The Bertz CT molecular complexity index is 1700. The molecule has 1 aromatic heterocycles. The highest BCUT2D eigenvalue weighted by Gasteiger charge is 2.63. The molecule has 2 aromatic carbocycles. The Kier molecular flexibility index (Phi) is 11.9. The van der Waals surface area contributed by atoms with E-state index in [1.807, 2.05) is 12.1 Å². The first-order valence-electron chi connectivity index (χ1n) is 18.0. The van der Waals surface area contributed by atoms with Gasteiger partial charge in [-0.05, 0) is 101 Å². The fourth-order valence-corrected chi connectivity index (χ4v) is 7.77. The molecular weight excluding hydrogens is 628 g/mol. The summed E-state index contributed by atoms with van der Waals surface area (Å²) in [6.07, 6.45) is 1.78. The number of hydrogen-bond donors (Lipinski definition) is 0. The standard InChI is InChI=1S/C43H62O7/c1-16-42(13,38(4,5)6)33(26-39(7,8)41(11,12)43(14,37(46)47-15)40(9,10)28(2)3)29-17-20-31(21-18-29)49-36(45)27-48-32-22-23-34-30(25-32)19-24-35(44)50-34/h17-25,28,33H,16,26-27H2,1-15H3. The number of rotatable bonds is 14. The molecule has 0 amide bonds. The van der Waals surface area contributed by atoms with Gasteiger partial charge in [-0.15, -0.1) is 0 Å². The molecular formula is C43H62O7. The van der Waals surface area contributed by atoms with Crippen LogP contribution in [0.2, 0.25) is 0 Å². The predicted octanol–water partition coefficient (Wildman–Crippen LogP) is 10.6. The molecule has 7 heteroatoms. The molecule has 276 valence electrons. The van der Waals surface area contributed by atoms with E-state index in [-0.39, 0.29) is 46.1 Å². The van der Waals surface area contributed by atoms with Crippen LogP contribution in [0.4, 0.5) is 0 Å². The monoisotopic (exact) mass is 690 g/mol. The van der Waals surface area contributed by atoms with E-state index >= 15 is 0 Å². The van der Waals surface area contributed by atoms with Gasteiger partial charge in [-0.1, -0.05) is 102 Å². The van der Waals surface area contributed by atoms with E-state index in [9.17, 15) is 14.4 Å². The maximum Gasteiger partial charge on any atom is 0.349 e. The van der Waals surface area contributed by atoms with Crippen molar-refractivity contribution in [1.82, 2.24) is 0 Å². The van der Waals surface area contributed by atoms with Crippen molar-refractivity contribution in [2.24, 2.45) is 38.4 Å². The average Bonchev–Trinajstić information content (AvgIpc) is 3.04. The van der Waals surface area contributed by atoms with Gasteiger partial charge in [-0.2, -0.15) is 0 Å². The summed E-state index contributed by atoms with van der Waals surface area (Å²) >= 11 is 0. The molecule has 3 rings (SSSR count). The second kappa shape index (κ2) is 14.6. The second-order valence-corrected chi connectivity index (χ2v) is 17.6. The van der Waals surface area contributed by atoms with Crippen LogP contribution in [-0.2, 0) is 14.3 Å². The third-order valence-electron chi connectivity index (χ3n) is 13.7. The fourth-order valence-electron chi connectivity index (χ4n) is 7.77. The Morgan fingerprint density at radius 2 is 1.38 bits per heavy atom. The summed E-state index contributed by atoms with van der Waals surface area (Å²) in [6, 6.07) is 15.8. The molecule has 7 nitrogen and oxygen atoms in total. The molecule has 0 spiro atoms. The number of benzene rings is 2. The number of carbonyl (C=O) groups excluding carboxylic acids is 2. The highest BCUT2D eigenvalue weighted by Crippen LogP contribution is 2.65. The molecule has 0 radical (unpaired) electrons. The minimum atomic E-state index is -0.788. The van der Waals surface area contributed by atoms with Crippen LogP contribution >= 0.6 is 0 Å². The van der Waals surface area contributed by atoms with E-state index in [1.54, 1.807) is 24.3 Å². The number of hydrogen-bond acceptors (Lipinski definition) is 7. The lowest BCUT2D eigenvalue weighted by atomic mass is 9.42. The van der Waals surface area contributed by atoms with Crippen LogP contribution in [0.15, 0.2) is 63.8 Å². The molecule has 0 saturated carbocycles. The largest absolute Gasteiger partial charge is 0.482 e. The molecule has 0 N–H and O–H groups in total. The van der Waals surface area contributed by atoms with Crippen LogP contribution in [0.25, 0.3) is 11.0 Å². The summed E-state index contributed by atoms with van der Waals surface area (Å²) < 4.78 is 22.1. The smallest absolute Gasteiger partial charge is 0.349 e. The summed E-state index contributed by atoms with van der Waals surface area (Å²) in [5.41, 5.74) is -0.888. The Balaban J connectivity index is 1.94. The first kappa shape index (κ1) is 40.8. The van der Waals surface area contributed by atoms with E-state index < -0.39 is 22.4 Å². The minimum Gasteiger partial charge on any atom is -0.482 e. The van der Waals surface area contributed by atoms with Gasteiger partial charge in [0.15, 0.2) is 6.61 Å². The van der Waals surface area contributed by atoms with E-state index in [0.29, 0.717) is 22.5 Å². The van der Waals surface area contributed by atoms with E-state index in [0.717, 1.165) is 18.4 Å². The van der Waals surface area contributed by atoms with E-state index in [1.165, 1.54) is 13.2 Å². The van der Waals surface area contributed by atoms with Gasteiger partial charge in [0, 0.05) is 11.5 Å². The summed E-state index contributed by atoms with van der Waals surface area (Å²) in [7, 11) is 1.50. The summed E-state index contributed by atoms with van der Waals surface area (Å²) in [5, 5.41) is 0.695. The second-order valence-electron chi connectivity index (χ2n) is 17.6. The molecule has 3 atom stereocenters. The van der Waals surface area contributed by atoms with Crippen LogP contribution in [0.3, 0.4) is 0 Å². The quantitative estimate of drug-likeness (QED) is 0.0944. The van der Waals surface area contributed by atoms with Gasteiger partial charge in [0.2, 0.25) is 0 Å². The van der Waals surface area contributed by atoms with Gasteiger partial charge in [0.05, 0.1) is 12.5 Å². The van der Waals surface area contributed by atoms with Gasteiger partial charge >= 0.3 is 17.6 Å². The van der Waals surface area contributed by atoms with Crippen molar-refractivity contribution in [3.8, 4) is 11.5 Å². The van der Waals surface area contributed by atoms with E-state index in [2.05, 4.69) is 109 Å². The van der Waals surface area contributed by atoms with Crippen molar-refractivity contribution >= 4 is 22.9 Å². The highest BCUT2D eigenvalue weighted by atomic mass is 16.6. The summed E-state index contributed by atoms with van der Waals surface area (Å²) in [5.74, 6) is 0.561. The lowest BCUT2D eigenvalue weighted by molar-refractivity contribution is -0.191. The lowest BCUT2D eigenvalue weighted by Crippen LogP contribution is -2.60. The third kappa shape index (κ3) is 7.52. The predicted molar refractivity (Wildman–Crippen MR) is 202 cm³/mol. The van der Waals surface area contributed by atoms with Crippen LogP contribution in [0.1, 0.15) is 121 Å². The first-order chi connectivity index (χ1) is 22.9. The number of esters is 2. The minimum absolute atomic E-state index is 0.0356. The summed E-state index contributed by atoms with van der Waals surface area (Å²) in [4.78, 5) is 38.2. The Morgan fingerprint density at radius 3 is 1.90 bits per heavy atom. The van der Waals surface area contributed by atoms with Gasteiger partial charge in [0.25, 0.3) is 0 Å². The van der Waals surface area contributed by atoms with Gasteiger partial charge in [-0.3, -0.25) is 4.79 Å². The molecule has 0 saturated heterocycles. The SMILES string of the molecule is CCC(C)(C(CC(C)(C)C(C)(C)C(C)(C(=O)OC)C(C)(C)C(C)C)c1ccc(OC(=O)COc2ccc3oc(=O)ccc3c2)cc1)C(C)(C)C. The molecule has 0 aliphatic rings. The highest BCUT2D eigenvalue weighted by molar-refractivity contribution is 5.79. The molecule has 3 aromatic rings. The molecule has 0 aliphatic carbocycles. The Labute approximate surface area is 300 Å². The van der Waals surface area contributed by atoms with Crippen molar-refractivity contribution in [2.45, 2.75) is 116 Å². The number of carbonyl (C=O) groups is 2. The van der Waals surface area contributed by atoms with Crippen molar-refractivity contribution in [2.75, 3.05) is 13.7 Å². The first-order valence-corrected chi connectivity index (χ1v) is 18.0. The topological polar surface area (TPSA) is 92.0 Å². The van der Waals surface area contributed by atoms with Gasteiger partial charge in [0.1, 0.15) is 17.1 Å². The number of ether oxygens (including phenoxy) is 3. The number of fused-ring (bicyclic) bond motifs is 1. The molecule has 3 unspecified atom stereocenters. The maximum atomic E-state index is 13.9. The lowest BCUT2D eigenvalue weighted by Gasteiger charge is -2.61. The zero-order chi connectivity index (χ0) is 38.1. The molecule has 1 heterocycles. The van der Waals surface area contributed by atoms with Crippen LogP contribution in [0.5, 0.6) is 11.5 Å². The summed E-state index contributed by atoms with van der Waals surface area (Å²) in [6.45, 7) is 31.3. The third-order valence-corrected chi connectivity index (χ3v) is 13.7.